The molecule has 3 atom stereocenters. The third-order valence-corrected chi connectivity index (χ3v) is 4.77. The summed E-state index contributed by atoms with van der Waals surface area (Å²) < 4.78 is 5.10. The van der Waals surface area contributed by atoms with E-state index in [1.807, 2.05) is 30.3 Å². The number of amides is 3. The number of nitrogens with zero attached hydrogens (tertiary/aromatic N) is 2. The standard InChI is InChI=1S/C20H27N3O6.ClH/c1-4-29-19(27)15(11-10-14-8-6-5-7-9-14)21-13(2)17(24)23-16(18(25)26)12-22(3)20(23)28;/h5-9,13,15-16,21H,4,10-12H2,1-3H3,(H,25,26);1H/t13-,15-,16?;/m0./s1. The normalized spacial score (nSPS) is 17.8. The van der Waals surface area contributed by atoms with Crippen LogP contribution in [-0.4, -0.2) is 77.1 Å². The van der Waals surface area contributed by atoms with Gasteiger partial charge in [-0.3, -0.25) is 14.9 Å². The maximum Gasteiger partial charge on any atom is 0.328 e. The van der Waals surface area contributed by atoms with E-state index >= 15 is 0 Å². The van der Waals surface area contributed by atoms with Crippen molar-refractivity contribution in [2.45, 2.75) is 44.8 Å². The number of rotatable bonds is 9. The molecule has 0 bridgehead atoms. The van der Waals surface area contributed by atoms with Crippen LogP contribution in [0.1, 0.15) is 25.8 Å². The van der Waals surface area contributed by atoms with Crippen molar-refractivity contribution in [2.24, 2.45) is 0 Å². The molecule has 0 aliphatic carbocycles. The fourth-order valence-electron chi connectivity index (χ4n) is 3.22. The van der Waals surface area contributed by atoms with Crippen molar-refractivity contribution in [1.82, 2.24) is 15.1 Å². The number of likely N-dealkylation sites (N-methyl/N-ethyl adjacent to an activating group) is 1. The highest BCUT2D eigenvalue weighted by atomic mass is 35.5. The number of aliphatic carboxylic acids is 1. The van der Waals surface area contributed by atoms with Crippen LogP contribution >= 0.6 is 12.4 Å². The van der Waals surface area contributed by atoms with Crippen molar-refractivity contribution in [2.75, 3.05) is 20.2 Å². The second-order valence-electron chi connectivity index (χ2n) is 6.94. The van der Waals surface area contributed by atoms with Gasteiger partial charge in [0.05, 0.1) is 19.2 Å². The first-order valence-electron chi connectivity index (χ1n) is 9.53. The SMILES string of the molecule is CCOC(=O)[C@H](CCc1ccccc1)N[C@@H](C)C(=O)N1C(=O)N(C)CC1C(=O)O.Cl. The summed E-state index contributed by atoms with van der Waals surface area (Å²) in [4.78, 5) is 50.8. The number of urea groups is 1. The van der Waals surface area contributed by atoms with E-state index in [1.54, 1.807) is 6.92 Å². The summed E-state index contributed by atoms with van der Waals surface area (Å²) in [5.74, 6) is -2.45. The minimum atomic E-state index is -1.26. The van der Waals surface area contributed by atoms with Gasteiger partial charge >= 0.3 is 18.0 Å². The quantitative estimate of drug-likeness (QED) is 0.555. The number of aryl methyl sites for hydroxylation is 1. The molecule has 9 nitrogen and oxygen atoms in total. The Morgan fingerprint density at radius 3 is 2.47 bits per heavy atom. The van der Waals surface area contributed by atoms with Gasteiger partial charge in [0.1, 0.15) is 6.04 Å². The average Bonchev–Trinajstić information content (AvgIpc) is 3.00. The summed E-state index contributed by atoms with van der Waals surface area (Å²) >= 11 is 0. The van der Waals surface area contributed by atoms with Crippen LogP contribution in [0.15, 0.2) is 30.3 Å². The first kappa shape index (κ1) is 25.4. The van der Waals surface area contributed by atoms with E-state index in [0.29, 0.717) is 12.8 Å². The summed E-state index contributed by atoms with van der Waals surface area (Å²) in [5.41, 5.74) is 1.03. The molecule has 3 amide bonds. The van der Waals surface area contributed by atoms with Crippen LogP contribution in [0, 0.1) is 0 Å². The maximum absolute atomic E-state index is 12.8. The van der Waals surface area contributed by atoms with Gasteiger partial charge < -0.3 is 14.7 Å². The summed E-state index contributed by atoms with van der Waals surface area (Å²) in [6.45, 7) is 3.31. The lowest BCUT2D eigenvalue weighted by molar-refractivity contribution is -0.148. The molecule has 1 aliphatic rings. The van der Waals surface area contributed by atoms with E-state index < -0.39 is 42.0 Å². The highest BCUT2D eigenvalue weighted by Crippen LogP contribution is 2.17. The second-order valence-corrected chi connectivity index (χ2v) is 6.94. The van der Waals surface area contributed by atoms with Crippen molar-refractivity contribution >= 4 is 36.3 Å². The molecule has 2 N–H and O–H groups in total. The topological polar surface area (TPSA) is 116 Å². The van der Waals surface area contributed by atoms with E-state index in [-0.39, 0.29) is 25.6 Å². The average molecular weight is 442 g/mol. The Labute approximate surface area is 181 Å². The predicted octanol–water partition coefficient (Wildman–Crippen LogP) is 1.30. The molecule has 1 saturated heterocycles. The van der Waals surface area contributed by atoms with Gasteiger partial charge in [-0.15, -0.1) is 12.4 Å². The van der Waals surface area contributed by atoms with Gasteiger partial charge in [-0.05, 0) is 32.3 Å². The van der Waals surface area contributed by atoms with Crippen molar-refractivity contribution in [1.29, 1.82) is 0 Å². The van der Waals surface area contributed by atoms with Crippen molar-refractivity contribution in [3.05, 3.63) is 35.9 Å². The third kappa shape index (κ3) is 6.17. The monoisotopic (exact) mass is 441 g/mol. The zero-order valence-electron chi connectivity index (χ0n) is 17.2. The number of imide groups is 1. The predicted molar refractivity (Wildman–Crippen MR) is 111 cm³/mol. The highest BCUT2D eigenvalue weighted by molar-refractivity contribution is 6.02. The van der Waals surface area contributed by atoms with Gasteiger partial charge in [-0.2, -0.15) is 0 Å². The number of ether oxygens (including phenoxy) is 1. The first-order valence-corrected chi connectivity index (χ1v) is 9.53. The number of halogens is 1. The molecule has 0 saturated carbocycles. The summed E-state index contributed by atoms with van der Waals surface area (Å²) in [6.07, 6.45) is 0.970. The highest BCUT2D eigenvalue weighted by Gasteiger charge is 2.45. The largest absolute Gasteiger partial charge is 0.480 e. The number of esters is 1. The minimum absolute atomic E-state index is 0. The molecule has 1 unspecified atom stereocenters. The lowest BCUT2D eigenvalue weighted by Gasteiger charge is -2.26. The van der Waals surface area contributed by atoms with E-state index in [0.717, 1.165) is 10.5 Å². The van der Waals surface area contributed by atoms with Crippen LogP contribution < -0.4 is 5.32 Å². The fraction of sp³-hybridized carbons (Fsp3) is 0.500. The number of hydrogen-bond acceptors (Lipinski definition) is 6. The molecule has 0 aromatic heterocycles. The van der Waals surface area contributed by atoms with Crippen LogP contribution in [0.25, 0.3) is 0 Å². The van der Waals surface area contributed by atoms with Crippen molar-refractivity contribution < 1.29 is 29.0 Å². The van der Waals surface area contributed by atoms with Gasteiger partial charge in [0.2, 0.25) is 5.91 Å². The zero-order valence-corrected chi connectivity index (χ0v) is 18.1. The van der Waals surface area contributed by atoms with Gasteiger partial charge in [-0.1, -0.05) is 30.3 Å². The number of carboxylic acids is 1. The molecule has 0 spiro atoms. The Morgan fingerprint density at radius 1 is 1.27 bits per heavy atom. The van der Waals surface area contributed by atoms with E-state index in [4.69, 9.17) is 4.74 Å². The van der Waals surface area contributed by atoms with E-state index in [2.05, 4.69) is 5.32 Å². The lowest BCUT2D eigenvalue weighted by Crippen LogP contribution is -2.54. The van der Waals surface area contributed by atoms with Crippen LogP contribution in [0.2, 0.25) is 0 Å². The number of hydrogen-bond donors (Lipinski definition) is 2. The van der Waals surface area contributed by atoms with Crippen molar-refractivity contribution in [3.63, 3.8) is 0 Å². The molecular weight excluding hydrogens is 414 g/mol. The Kier molecular flexibility index (Phi) is 9.74. The molecular formula is C20H28ClN3O6. The third-order valence-electron chi connectivity index (χ3n) is 4.77. The number of carbonyl (C=O) groups excluding carboxylic acids is 3. The Balaban J connectivity index is 0.00000450. The van der Waals surface area contributed by atoms with Gasteiger partial charge in [0.15, 0.2) is 6.04 Å². The van der Waals surface area contributed by atoms with Gasteiger partial charge in [0.25, 0.3) is 0 Å². The van der Waals surface area contributed by atoms with E-state index in [1.165, 1.54) is 18.9 Å². The van der Waals surface area contributed by atoms with Gasteiger partial charge in [0, 0.05) is 7.05 Å². The first-order chi connectivity index (χ1) is 13.8. The van der Waals surface area contributed by atoms with Crippen LogP contribution in [0.3, 0.4) is 0 Å². The molecule has 1 aliphatic heterocycles. The Hall–Kier alpha value is -2.65. The summed E-state index contributed by atoms with van der Waals surface area (Å²) in [5, 5.41) is 12.2. The molecule has 2 rings (SSSR count). The Morgan fingerprint density at radius 2 is 1.90 bits per heavy atom. The van der Waals surface area contributed by atoms with E-state index in [9.17, 15) is 24.3 Å². The molecule has 1 fully saturated rings. The zero-order chi connectivity index (χ0) is 21.6. The minimum Gasteiger partial charge on any atom is -0.480 e. The molecule has 30 heavy (non-hydrogen) atoms. The molecule has 1 aromatic carbocycles. The molecule has 1 heterocycles. The van der Waals surface area contributed by atoms with Crippen molar-refractivity contribution in [3.8, 4) is 0 Å². The summed E-state index contributed by atoms with van der Waals surface area (Å²) in [6, 6.07) is 5.92. The van der Waals surface area contributed by atoms with Crippen LogP contribution in [0.4, 0.5) is 4.79 Å². The number of nitrogens with one attached hydrogen (secondary N) is 1. The molecule has 166 valence electrons. The van der Waals surface area contributed by atoms with Gasteiger partial charge in [-0.25, -0.2) is 14.5 Å². The molecule has 10 heteroatoms. The maximum atomic E-state index is 12.8. The fourth-order valence-corrected chi connectivity index (χ4v) is 3.22. The summed E-state index contributed by atoms with van der Waals surface area (Å²) in [7, 11) is 1.44. The Bertz CT molecular complexity index is 760. The number of carboxylic acid groups (broad SMARTS) is 1. The van der Waals surface area contributed by atoms with Crippen LogP contribution in [-0.2, 0) is 25.5 Å². The number of carbonyl (C=O) groups is 4. The second kappa shape index (κ2) is 11.5. The molecule has 0 radical (unpaired) electrons. The lowest BCUT2D eigenvalue weighted by atomic mass is 10.0. The smallest absolute Gasteiger partial charge is 0.328 e. The number of benzene rings is 1. The van der Waals surface area contributed by atoms with Crippen LogP contribution in [0.5, 0.6) is 0 Å². The molecule has 1 aromatic rings.